The average molecular weight is 240 g/mol. The van der Waals surface area contributed by atoms with E-state index in [-0.39, 0.29) is 25.0 Å². The van der Waals surface area contributed by atoms with E-state index in [1.807, 2.05) is 0 Å². The minimum absolute atomic E-state index is 0.0793. The van der Waals surface area contributed by atoms with Crippen molar-refractivity contribution in [2.75, 3.05) is 0 Å². The van der Waals surface area contributed by atoms with E-state index in [9.17, 15) is 22.0 Å². The summed E-state index contributed by atoms with van der Waals surface area (Å²) in [6, 6.07) is 0. The van der Waals surface area contributed by atoms with E-state index in [2.05, 4.69) is 9.97 Å². The van der Waals surface area contributed by atoms with Crippen molar-refractivity contribution < 1.29 is 22.0 Å². The molecule has 2 rings (SSSR count). The molecular formula is C9H9F5N2. The highest BCUT2D eigenvalue weighted by atomic mass is 19.4. The molecule has 0 radical (unpaired) electrons. The van der Waals surface area contributed by atoms with Crippen molar-refractivity contribution in [3.63, 3.8) is 0 Å². The molecule has 0 spiro atoms. The van der Waals surface area contributed by atoms with Gasteiger partial charge in [-0.05, 0) is 12.8 Å². The SMILES string of the molecule is FC(F)c1nc2c([nH]1)CC(C(F)(F)F)CC2. The fourth-order valence-corrected chi connectivity index (χ4v) is 1.89. The summed E-state index contributed by atoms with van der Waals surface area (Å²) < 4.78 is 61.8. The van der Waals surface area contributed by atoms with E-state index in [0.717, 1.165) is 0 Å². The Bertz CT molecular complexity index is 382. The Morgan fingerprint density at radius 3 is 2.56 bits per heavy atom. The number of fused-ring (bicyclic) bond motifs is 1. The van der Waals surface area contributed by atoms with Gasteiger partial charge in [-0.3, -0.25) is 0 Å². The van der Waals surface area contributed by atoms with Crippen LogP contribution in [-0.4, -0.2) is 16.1 Å². The molecule has 1 aromatic heterocycles. The lowest BCUT2D eigenvalue weighted by Gasteiger charge is -2.23. The predicted molar refractivity (Wildman–Crippen MR) is 45.1 cm³/mol. The number of rotatable bonds is 1. The van der Waals surface area contributed by atoms with Crippen molar-refractivity contribution in [3.05, 3.63) is 17.2 Å². The first kappa shape index (κ1) is 11.3. The average Bonchev–Trinajstić information content (AvgIpc) is 2.58. The van der Waals surface area contributed by atoms with Gasteiger partial charge in [0.2, 0.25) is 0 Å². The van der Waals surface area contributed by atoms with Gasteiger partial charge in [0.05, 0.1) is 11.6 Å². The molecule has 1 N–H and O–H groups in total. The topological polar surface area (TPSA) is 28.7 Å². The fourth-order valence-electron chi connectivity index (χ4n) is 1.89. The minimum Gasteiger partial charge on any atom is -0.341 e. The van der Waals surface area contributed by atoms with Crippen molar-refractivity contribution in [3.8, 4) is 0 Å². The lowest BCUT2D eigenvalue weighted by molar-refractivity contribution is -0.177. The van der Waals surface area contributed by atoms with Crippen molar-refractivity contribution in [1.29, 1.82) is 0 Å². The first-order chi connectivity index (χ1) is 7.38. The summed E-state index contributed by atoms with van der Waals surface area (Å²) in [5.41, 5.74) is 0.541. The molecule has 7 heteroatoms. The standard InChI is InChI=1S/C9H9F5N2/c10-7(11)8-15-5-2-1-4(9(12,13)14)3-6(5)16-8/h4,7H,1-3H2,(H,15,16). The van der Waals surface area contributed by atoms with E-state index in [4.69, 9.17) is 0 Å². The van der Waals surface area contributed by atoms with Crippen molar-refractivity contribution in [2.45, 2.75) is 31.9 Å². The van der Waals surface area contributed by atoms with Gasteiger partial charge in [0.25, 0.3) is 6.43 Å². The van der Waals surface area contributed by atoms with Gasteiger partial charge in [0.1, 0.15) is 0 Å². The van der Waals surface area contributed by atoms with E-state index in [0.29, 0.717) is 5.69 Å². The van der Waals surface area contributed by atoms with Gasteiger partial charge < -0.3 is 4.98 Å². The third-order valence-electron chi connectivity index (χ3n) is 2.73. The third-order valence-corrected chi connectivity index (χ3v) is 2.73. The van der Waals surface area contributed by atoms with Crippen LogP contribution in [0.3, 0.4) is 0 Å². The summed E-state index contributed by atoms with van der Waals surface area (Å²) in [5.74, 6) is -1.99. The number of nitrogens with zero attached hydrogens (tertiary/aromatic N) is 1. The fraction of sp³-hybridized carbons (Fsp3) is 0.667. The normalized spacial score (nSPS) is 21.2. The Hall–Kier alpha value is -1.14. The molecule has 1 heterocycles. The van der Waals surface area contributed by atoms with Gasteiger partial charge in [0, 0.05) is 12.1 Å². The van der Waals surface area contributed by atoms with Crippen LogP contribution in [0.15, 0.2) is 0 Å². The Morgan fingerprint density at radius 1 is 1.31 bits per heavy atom. The van der Waals surface area contributed by atoms with Crippen LogP contribution in [0.1, 0.15) is 30.1 Å². The van der Waals surface area contributed by atoms with Gasteiger partial charge in [-0.1, -0.05) is 0 Å². The van der Waals surface area contributed by atoms with Crippen molar-refractivity contribution in [1.82, 2.24) is 9.97 Å². The van der Waals surface area contributed by atoms with Crippen LogP contribution < -0.4 is 0 Å². The lowest BCUT2D eigenvalue weighted by Crippen LogP contribution is -2.28. The van der Waals surface area contributed by atoms with Crippen LogP contribution in [0.25, 0.3) is 0 Å². The molecule has 0 aliphatic heterocycles. The molecule has 1 aliphatic carbocycles. The van der Waals surface area contributed by atoms with E-state index in [1.54, 1.807) is 0 Å². The quantitative estimate of drug-likeness (QED) is 0.751. The molecule has 16 heavy (non-hydrogen) atoms. The number of aryl methyl sites for hydroxylation is 1. The molecule has 1 unspecified atom stereocenters. The molecule has 0 aromatic carbocycles. The van der Waals surface area contributed by atoms with Gasteiger partial charge in [0.15, 0.2) is 5.82 Å². The van der Waals surface area contributed by atoms with Crippen LogP contribution >= 0.6 is 0 Å². The second kappa shape index (κ2) is 3.71. The minimum atomic E-state index is -4.27. The molecule has 0 bridgehead atoms. The number of hydrogen-bond donors (Lipinski definition) is 1. The number of aromatic nitrogens is 2. The Balaban J connectivity index is 2.21. The van der Waals surface area contributed by atoms with Crippen LogP contribution in [-0.2, 0) is 12.8 Å². The molecule has 1 aromatic rings. The molecule has 0 amide bonds. The monoisotopic (exact) mass is 240 g/mol. The van der Waals surface area contributed by atoms with E-state index < -0.39 is 24.3 Å². The Labute approximate surface area is 87.9 Å². The highest BCUT2D eigenvalue weighted by molar-refractivity contribution is 5.19. The first-order valence-electron chi connectivity index (χ1n) is 4.80. The van der Waals surface area contributed by atoms with Crippen LogP contribution in [0, 0.1) is 5.92 Å². The largest absolute Gasteiger partial charge is 0.392 e. The number of hydrogen-bond acceptors (Lipinski definition) is 1. The van der Waals surface area contributed by atoms with E-state index in [1.165, 1.54) is 0 Å². The molecule has 0 fully saturated rings. The molecule has 1 atom stereocenters. The maximum absolute atomic E-state index is 12.4. The lowest BCUT2D eigenvalue weighted by atomic mass is 9.89. The zero-order valence-corrected chi connectivity index (χ0v) is 8.11. The maximum Gasteiger partial charge on any atom is 0.392 e. The van der Waals surface area contributed by atoms with Crippen molar-refractivity contribution >= 4 is 0 Å². The second-order valence-electron chi connectivity index (χ2n) is 3.83. The number of alkyl halides is 5. The molecule has 0 saturated heterocycles. The summed E-state index contributed by atoms with van der Waals surface area (Å²) in [4.78, 5) is 5.87. The number of nitrogens with one attached hydrogen (secondary N) is 1. The summed E-state index contributed by atoms with van der Waals surface area (Å²) in [5, 5.41) is 0. The maximum atomic E-state index is 12.4. The molecule has 2 nitrogen and oxygen atoms in total. The first-order valence-corrected chi connectivity index (χ1v) is 4.80. The van der Waals surface area contributed by atoms with Gasteiger partial charge in [-0.15, -0.1) is 0 Å². The molecule has 90 valence electrons. The van der Waals surface area contributed by atoms with Gasteiger partial charge >= 0.3 is 6.18 Å². The molecular weight excluding hydrogens is 231 g/mol. The highest BCUT2D eigenvalue weighted by Crippen LogP contribution is 2.36. The highest BCUT2D eigenvalue weighted by Gasteiger charge is 2.42. The van der Waals surface area contributed by atoms with Crippen LogP contribution in [0.2, 0.25) is 0 Å². The van der Waals surface area contributed by atoms with Crippen LogP contribution in [0.5, 0.6) is 0 Å². The van der Waals surface area contributed by atoms with Gasteiger partial charge in [-0.2, -0.15) is 13.2 Å². The van der Waals surface area contributed by atoms with Crippen molar-refractivity contribution in [2.24, 2.45) is 5.92 Å². The Morgan fingerprint density at radius 2 is 2.00 bits per heavy atom. The van der Waals surface area contributed by atoms with Gasteiger partial charge in [-0.25, -0.2) is 13.8 Å². The molecule has 0 saturated carbocycles. The number of halogens is 5. The second-order valence-corrected chi connectivity index (χ2v) is 3.83. The number of imidazole rings is 1. The smallest absolute Gasteiger partial charge is 0.341 e. The van der Waals surface area contributed by atoms with E-state index >= 15 is 0 Å². The summed E-state index contributed by atoms with van der Waals surface area (Å²) >= 11 is 0. The zero-order chi connectivity index (χ0) is 11.9. The molecule has 1 aliphatic rings. The predicted octanol–water partition coefficient (Wildman–Crippen LogP) is 3.01. The zero-order valence-electron chi connectivity index (χ0n) is 8.11. The van der Waals surface area contributed by atoms with Crippen LogP contribution in [0.4, 0.5) is 22.0 Å². The number of aromatic amines is 1. The summed E-state index contributed by atoms with van der Waals surface area (Å²) in [6.45, 7) is 0. The number of H-pyrrole nitrogens is 1. The summed E-state index contributed by atoms with van der Waals surface area (Å²) in [7, 11) is 0. The Kier molecular flexibility index (Phi) is 2.63. The third kappa shape index (κ3) is 2.03. The summed E-state index contributed by atoms with van der Waals surface area (Å²) in [6.07, 6.45) is -7.30.